The van der Waals surface area contributed by atoms with Gasteiger partial charge in [-0.25, -0.2) is 23.4 Å². The summed E-state index contributed by atoms with van der Waals surface area (Å²) < 4.78 is 25.7. The Morgan fingerprint density at radius 1 is 1.15 bits per heavy atom. The molecule has 2 aromatic rings. The fraction of sp³-hybridized carbons (Fsp3) is 0.529. The van der Waals surface area contributed by atoms with E-state index in [2.05, 4.69) is 20.0 Å². The minimum absolute atomic E-state index is 0.512. The van der Waals surface area contributed by atoms with Crippen molar-refractivity contribution in [3.63, 3.8) is 0 Å². The molecule has 2 aromatic heterocycles. The Bertz CT molecular complexity index is 867. The zero-order valence-electron chi connectivity index (χ0n) is 15.5. The van der Waals surface area contributed by atoms with E-state index in [0.717, 1.165) is 40.0 Å². The average Bonchev–Trinajstić information content (AvgIpc) is 2.65. The van der Waals surface area contributed by atoms with E-state index in [1.54, 1.807) is 0 Å². The van der Waals surface area contributed by atoms with Crippen LogP contribution < -0.4 is 15.4 Å². The number of aryl methyl sites for hydroxylation is 1. The number of nitrogens with zero attached hydrogens (tertiary/aromatic N) is 6. The van der Waals surface area contributed by atoms with Crippen molar-refractivity contribution >= 4 is 23.3 Å². The van der Waals surface area contributed by atoms with Gasteiger partial charge in [-0.05, 0) is 20.1 Å². The lowest BCUT2D eigenvalue weighted by atomic mass is 10.2. The van der Waals surface area contributed by atoms with E-state index >= 15 is 0 Å². The van der Waals surface area contributed by atoms with Gasteiger partial charge < -0.3 is 9.80 Å². The maximum Gasteiger partial charge on any atom is 0.269 e. The number of piperazine rings is 1. The molecule has 0 N–H and O–H groups in total. The van der Waals surface area contributed by atoms with Crippen molar-refractivity contribution in [1.82, 2.24) is 19.7 Å². The van der Waals surface area contributed by atoms with Crippen molar-refractivity contribution in [2.24, 2.45) is 0 Å². The minimum atomic E-state index is -2.60. The predicted octanol–water partition coefficient (Wildman–Crippen LogP) is 1.96. The third-order valence-electron chi connectivity index (χ3n) is 4.64. The molecule has 7 nitrogen and oxygen atoms in total. The Labute approximate surface area is 160 Å². The van der Waals surface area contributed by atoms with Crippen LogP contribution in [0.5, 0.6) is 0 Å². The number of hydrogen-bond acceptors (Lipinski definition) is 7. The van der Waals surface area contributed by atoms with Gasteiger partial charge in [-0.1, -0.05) is 11.8 Å². The molecule has 0 saturated carbocycles. The Morgan fingerprint density at radius 2 is 1.81 bits per heavy atom. The van der Waals surface area contributed by atoms with E-state index in [0.29, 0.717) is 18.8 Å². The molecule has 1 saturated heterocycles. The molecular weight excluding hydrogens is 374 g/mol. The van der Waals surface area contributed by atoms with Gasteiger partial charge in [0.2, 0.25) is 0 Å². The highest BCUT2D eigenvalue weighted by molar-refractivity contribution is 7.98. The summed E-state index contributed by atoms with van der Waals surface area (Å²) in [6, 6.07) is 1.37. The number of anilines is 2. The van der Waals surface area contributed by atoms with Crippen LogP contribution in [0.2, 0.25) is 0 Å². The molecule has 146 valence electrons. The van der Waals surface area contributed by atoms with Crippen molar-refractivity contribution in [3.8, 4) is 0 Å². The van der Waals surface area contributed by atoms with Gasteiger partial charge in [0.05, 0.1) is 11.9 Å². The molecule has 0 aliphatic carbocycles. The maximum absolute atomic E-state index is 12.4. The Hall–Kier alpha value is -2.23. The van der Waals surface area contributed by atoms with E-state index in [9.17, 15) is 13.6 Å². The molecule has 1 fully saturated rings. The topological polar surface area (TPSA) is 67.2 Å². The van der Waals surface area contributed by atoms with E-state index in [1.807, 2.05) is 25.0 Å². The van der Waals surface area contributed by atoms with Crippen molar-refractivity contribution in [1.29, 1.82) is 0 Å². The first-order chi connectivity index (χ1) is 12.9. The smallest absolute Gasteiger partial charge is 0.269 e. The summed E-state index contributed by atoms with van der Waals surface area (Å²) in [7, 11) is 0. The molecule has 0 bridgehead atoms. The van der Waals surface area contributed by atoms with Crippen molar-refractivity contribution in [3.05, 3.63) is 33.9 Å². The summed E-state index contributed by atoms with van der Waals surface area (Å²) in [6.07, 6.45) is 0.829. The van der Waals surface area contributed by atoms with Gasteiger partial charge >= 0.3 is 0 Å². The number of alkyl halides is 2. The monoisotopic (exact) mass is 396 g/mol. The number of rotatable bonds is 5. The fourth-order valence-electron chi connectivity index (χ4n) is 3.03. The van der Waals surface area contributed by atoms with Crippen LogP contribution >= 0.6 is 11.8 Å². The number of aromatic nitrogens is 4. The summed E-state index contributed by atoms with van der Waals surface area (Å²) in [5.74, 6) is 0.942. The lowest BCUT2D eigenvalue weighted by Gasteiger charge is -2.37. The molecule has 0 radical (unpaired) electrons. The van der Waals surface area contributed by atoms with Gasteiger partial charge in [-0.2, -0.15) is 5.10 Å². The number of thioether (sulfide) groups is 1. The Kier molecular flexibility index (Phi) is 5.93. The molecule has 3 heterocycles. The highest BCUT2D eigenvalue weighted by Crippen LogP contribution is 2.24. The molecule has 1 aliphatic heterocycles. The van der Waals surface area contributed by atoms with Gasteiger partial charge in [0.1, 0.15) is 12.4 Å². The van der Waals surface area contributed by atoms with Crippen LogP contribution in [0.4, 0.5) is 20.3 Å². The molecule has 0 aromatic carbocycles. The second-order valence-electron chi connectivity index (χ2n) is 6.34. The van der Waals surface area contributed by atoms with Crippen LogP contribution in [0, 0.1) is 13.8 Å². The second-order valence-corrected chi connectivity index (χ2v) is 7.12. The SMILES string of the molecule is CSc1nc(C)c(C)c(N2CCN(c3cnn(CC(F)F)c(=O)c3)CC2)n1. The maximum atomic E-state index is 12.4. The lowest BCUT2D eigenvalue weighted by Crippen LogP contribution is -2.47. The van der Waals surface area contributed by atoms with Crippen molar-refractivity contribution in [2.45, 2.75) is 32.0 Å². The average molecular weight is 396 g/mol. The van der Waals surface area contributed by atoms with E-state index in [1.165, 1.54) is 24.0 Å². The summed E-state index contributed by atoms with van der Waals surface area (Å²) in [5.41, 5.74) is 2.18. The van der Waals surface area contributed by atoms with Gasteiger partial charge in [0.15, 0.2) is 5.16 Å². The predicted molar refractivity (Wildman–Crippen MR) is 102 cm³/mol. The summed E-state index contributed by atoms with van der Waals surface area (Å²) in [4.78, 5) is 25.3. The highest BCUT2D eigenvalue weighted by atomic mass is 32.2. The molecule has 27 heavy (non-hydrogen) atoms. The second kappa shape index (κ2) is 8.20. The molecule has 0 spiro atoms. The number of halogens is 2. The van der Waals surface area contributed by atoms with Crippen LogP contribution in [-0.2, 0) is 6.54 Å². The fourth-order valence-corrected chi connectivity index (χ4v) is 3.43. The minimum Gasteiger partial charge on any atom is -0.367 e. The Balaban J connectivity index is 1.72. The van der Waals surface area contributed by atoms with Crippen LogP contribution in [0.25, 0.3) is 0 Å². The lowest BCUT2D eigenvalue weighted by molar-refractivity contribution is 0.119. The quantitative estimate of drug-likeness (QED) is 0.565. The largest absolute Gasteiger partial charge is 0.367 e. The molecule has 0 atom stereocenters. The summed E-state index contributed by atoms with van der Waals surface area (Å²) in [5, 5.41) is 4.62. The van der Waals surface area contributed by atoms with Crippen molar-refractivity contribution in [2.75, 3.05) is 42.2 Å². The Morgan fingerprint density at radius 3 is 2.41 bits per heavy atom. The van der Waals surface area contributed by atoms with E-state index < -0.39 is 18.5 Å². The highest BCUT2D eigenvalue weighted by Gasteiger charge is 2.22. The van der Waals surface area contributed by atoms with Gasteiger partial charge in [0.25, 0.3) is 12.0 Å². The van der Waals surface area contributed by atoms with Gasteiger partial charge in [-0.15, -0.1) is 0 Å². The van der Waals surface area contributed by atoms with E-state index in [-0.39, 0.29) is 0 Å². The van der Waals surface area contributed by atoms with Crippen LogP contribution in [-0.4, -0.2) is 58.6 Å². The van der Waals surface area contributed by atoms with Gasteiger partial charge in [-0.3, -0.25) is 4.79 Å². The first-order valence-electron chi connectivity index (χ1n) is 8.63. The molecule has 1 aliphatic rings. The summed E-state index contributed by atoms with van der Waals surface area (Å²) >= 11 is 1.52. The van der Waals surface area contributed by atoms with E-state index in [4.69, 9.17) is 0 Å². The van der Waals surface area contributed by atoms with Crippen molar-refractivity contribution < 1.29 is 8.78 Å². The molecular formula is C17H22F2N6OS. The summed E-state index contributed by atoms with van der Waals surface area (Å²) in [6.45, 7) is 6.19. The zero-order chi connectivity index (χ0) is 19.6. The molecule has 0 amide bonds. The zero-order valence-corrected chi connectivity index (χ0v) is 16.3. The first-order valence-corrected chi connectivity index (χ1v) is 9.86. The standard InChI is InChI=1S/C17H22F2N6OS/c1-11-12(2)21-17(27-3)22-16(11)24-6-4-23(5-7-24)13-8-15(26)25(20-9-13)10-14(18)19/h8-9,14H,4-7,10H2,1-3H3. The first kappa shape index (κ1) is 19.5. The molecule has 3 rings (SSSR count). The van der Waals surface area contributed by atoms with Gasteiger partial charge in [0, 0.05) is 43.5 Å². The number of hydrogen-bond donors (Lipinski definition) is 0. The van der Waals surface area contributed by atoms with Crippen LogP contribution in [0.3, 0.4) is 0 Å². The van der Waals surface area contributed by atoms with Crippen LogP contribution in [0.15, 0.2) is 22.2 Å². The third kappa shape index (κ3) is 4.37. The third-order valence-corrected chi connectivity index (χ3v) is 5.18. The normalized spacial score (nSPS) is 14.9. The molecule has 10 heteroatoms. The molecule has 0 unspecified atom stereocenters. The van der Waals surface area contributed by atoms with Crippen LogP contribution in [0.1, 0.15) is 11.3 Å².